The Morgan fingerprint density at radius 1 is 1.18 bits per heavy atom. The fourth-order valence-electron chi connectivity index (χ4n) is 2.54. The van der Waals surface area contributed by atoms with Crippen LogP contribution in [-0.4, -0.2) is 57.0 Å². The molecule has 2 rings (SSSR count). The molecule has 1 aromatic rings. The molecule has 1 aliphatic heterocycles. The summed E-state index contributed by atoms with van der Waals surface area (Å²) in [5.41, 5.74) is 1.79. The average Bonchev–Trinajstić information content (AvgIpc) is 2.75. The van der Waals surface area contributed by atoms with Crippen molar-refractivity contribution >= 4 is 16.1 Å². The Morgan fingerprint density at radius 3 is 2.59 bits per heavy atom. The molecule has 0 spiro atoms. The smallest absolute Gasteiger partial charge is 0.409 e. The fraction of sp³-hybridized carbons (Fsp3) is 0.533. The Bertz CT molecular complexity index is 630. The zero-order valence-electron chi connectivity index (χ0n) is 13.0. The van der Waals surface area contributed by atoms with Gasteiger partial charge < -0.3 is 9.64 Å². The van der Waals surface area contributed by atoms with Crippen LogP contribution in [0.1, 0.15) is 17.5 Å². The molecular formula is C15H22N2O4S. The number of sulfonamides is 1. The molecule has 1 fully saturated rings. The third-order valence-corrected chi connectivity index (χ3v) is 5.71. The van der Waals surface area contributed by atoms with Crippen LogP contribution in [0.15, 0.2) is 24.3 Å². The second kappa shape index (κ2) is 7.11. The highest BCUT2D eigenvalue weighted by Crippen LogP contribution is 2.16. The van der Waals surface area contributed by atoms with E-state index in [4.69, 9.17) is 4.74 Å². The molecular weight excluding hydrogens is 304 g/mol. The molecule has 122 valence electrons. The Morgan fingerprint density at radius 2 is 1.91 bits per heavy atom. The van der Waals surface area contributed by atoms with Gasteiger partial charge in [0.1, 0.15) is 0 Å². The van der Waals surface area contributed by atoms with Crippen molar-refractivity contribution in [2.24, 2.45) is 0 Å². The molecule has 0 saturated carbocycles. The molecule has 7 heteroatoms. The summed E-state index contributed by atoms with van der Waals surface area (Å²) in [6.45, 7) is 3.53. The van der Waals surface area contributed by atoms with E-state index in [9.17, 15) is 13.2 Å². The molecule has 0 radical (unpaired) electrons. The van der Waals surface area contributed by atoms with Crippen molar-refractivity contribution in [1.82, 2.24) is 9.21 Å². The fourth-order valence-corrected chi connectivity index (χ4v) is 4.21. The molecule has 1 heterocycles. The van der Waals surface area contributed by atoms with E-state index in [0.717, 1.165) is 11.1 Å². The van der Waals surface area contributed by atoms with Gasteiger partial charge in [0.2, 0.25) is 10.0 Å². The van der Waals surface area contributed by atoms with E-state index in [-0.39, 0.29) is 5.75 Å². The third kappa shape index (κ3) is 3.98. The summed E-state index contributed by atoms with van der Waals surface area (Å²) in [6.07, 6.45) is 0.209. The second-order valence-corrected chi connectivity index (χ2v) is 7.36. The van der Waals surface area contributed by atoms with Crippen molar-refractivity contribution in [3.63, 3.8) is 0 Å². The molecule has 0 aromatic heterocycles. The topological polar surface area (TPSA) is 66.9 Å². The van der Waals surface area contributed by atoms with E-state index in [0.29, 0.717) is 32.6 Å². The van der Waals surface area contributed by atoms with Crippen LogP contribution < -0.4 is 0 Å². The number of amides is 1. The molecule has 1 aromatic carbocycles. The molecule has 0 unspecified atom stereocenters. The third-order valence-electron chi connectivity index (χ3n) is 3.88. The van der Waals surface area contributed by atoms with Crippen molar-refractivity contribution in [3.8, 4) is 0 Å². The van der Waals surface area contributed by atoms with Crippen LogP contribution in [0.25, 0.3) is 0 Å². The Labute approximate surface area is 131 Å². The summed E-state index contributed by atoms with van der Waals surface area (Å²) < 4.78 is 31.4. The highest BCUT2D eigenvalue weighted by Gasteiger charge is 2.27. The standard InChI is InChI=1S/C15H22N2O4S/c1-13-6-3-4-7-14(13)12-22(19,20)17-9-5-8-16(10-11-17)15(18)21-2/h3-4,6-7H,5,8-12H2,1-2H3. The lowest BCUT2D eigenvalue weighted by Gasteiger charge is -2.21. The zero-order valence-corrected chi connectivity index (χ0v) is 13.8. The normalized spacial score (nSPS) is 17.1. The van der Waals surface area contributed by atoms with Crippen LogP contribution in [0.2, 0.25) is 0 Å². The quantitative estimate of drug-likeness (QED) is 0.846. The molecule has 1 saturated heterocycles. The molecule has 6 nitrogen and oxygen atoms in total. The number of hydrogen-bond acceptors (Lipinski definition) is 4. The van der Waals surface area contributed by atoms with Gasteiger partial charge in [-0.3, -0.25) is 0 Å². The molecule has 1 amide bonds. The molecule has 0 bridgehead atoms. The maximum atomic E-state index is 12.6. The first-order valence-electron chi connectivity index (χ1n) is 7.29. The number of benzene rings is 1. The van der Waals surface area contributed by atoms with Crippen LogP contribution in [0.5, 0.6) is 0 Å². The summed E-state index contributed by atoms with van der Waals surface area (Å²) in [5.74, 6) is -0.00209. The number of rotatable bonds is 3. The summed E-state index contributed by atoms with van der Waals surface area (Å²) >= 11 is 0. The number of methoxy groups -OCH3 is 1. The summed E-state index contributed by atoms with van der Waals surface area (Å²) in [7, 11) is -2.05. The molecule has 1 aliphatic rings. The number of nitrogens with zero attached hydrogens (tertiary/aromatic N) is 2. The van der Waals surface area contributed by atoms with Gasteiger partial charge in [-0.1, -0.05) is 24.3 Å². The van der Waals surface area contributed by atoms with Gasteiger partial charge in [0.15, 0.2) is 0 Å². The van der Waals surface area contributed by atoms with E-state index in [1.165, 1.54) is 11.4 Å². The van der Waals surface area contributed by atoms with Gasteiger partial charge in [-0.15, -0.1) is 0 Å². The highest BCUT2D eigenvalue weighted by atomic mass is 32.2. The maximum Gasteiger partial charge on any atom is 0.409 e. The SMILES string of the molecule is COC(=O)N1CCCN(S(=O)(=O)Cc2ccccc2C)CC1. The van der Waals surface area contributed by atoms with Gasteiger partial charge in [-0.2, -0.15) is 4.31 Å². The van der Waals surface area contributed by atoms with Crippen molar-refractivity contribution in [3.05, 3.63) is 35.4 Å². The summed E-state index contributed by atoms with van der Waals surface area (Å²) in [6, 6.07) is 7.49. The maximum absolute atomic E-state index is 12.6. The second-order valence-electron chi connectivity index (χ2n) is 5.39. The Hall–Kier alpha value is -1.60. The minimum absolute atomic E-state index is 0.00209. The average molecular weight is 326 g/mol. The predicted molar refractivity (Wildman–Crippen MR) is 84.0 cm³/mol. The van der Waals surface area contributed by atoms with E-state index >= 15 is 0 Å². The number of carbonyl (C=O) groups excluding carboxylic acids is 1. The van der Waals surface area contributed by atoms with E-state index in [1.807, 2.05) is 31.2 Å². The van der Waals surface area contributed by atoms with Crippen molar-refractivity contribution < 1.29 is 17.9 Å². The lowest BCUT2D eigenvalue weighted by Crippen LogP contribution is -2.37. The minimum atomic E-state index is -3.38. The highest BCUT2D eigenvalue weighted by molar-refractivity contribution is 7.88. The minimum Gasteiger partial charge on any atom is -0.453 e. The van der Waals surface area contributed by atoms with Crippen LogP contribution in [0, 0.1) is 6.92 Å². The number of hydrogen-bond donors (Lipinski definition) is 0. The van der Waals surface area contributed by atoms with Crippen molar-refractivity contribution in [2.45, 2.75) is 19.1 Å². The van der Waals surface area contributed by atoms with Crippen LogP contribution in [0.3, 0.4) is 0 Å². The van der Waals surface area contributed by atoms with Gasteiger partial charge in [0.05, 0.1) is 12.9 Å². The van der Waals surface area contributed by atoms with E-state index in [1.54, 1.807) is 4.90 Å². The lowest BCUT2D eigenvalue weighted by molar-refractivity contribution is 0.126. The van der Waals surface area contributed by atoms with Crippen LogP contribution >= 0.6 is 0 Å². The molecule has 0 N–H and O–H groups in total. The summed E-state index contributed by atoms with van der Waals surface area (Å²) in [4.78, 5) is 13.1. The van der Waals surface area contributed by atoms with Crippen molar-refractivity contribution in [2.75, 3.05) is 33.3 Å². The summed E-state index contributed by atoms with van der Waals surface area (Å²) in [5, 5.41) is 0. The number of aryl methyl sites for hydroxylation is 1. The largest absolute Gasteiger partial charge is 0.453 e. The van der Waals surface area contributed by atoms with Crippen LogP contribution in [0.4, 0.5) is 4.79 Å². The van der Waals surface area contributed by atoms with Gasteiger partial charge in [-0.25, -0.2) is 13.2 Å². The van der Waals surface area contributed by atoms with Crippen LogP contribution in [-0.2, 0) is 20.5 Å². The van der Waals surface area contributed by atoms with Gasteiger partial charge in [0.25, 0.3) is 0 Å². The van der Waals surface area contributed by atoms with Gasteiger partial charge in [-0.05, 0) is 24.5 Å². The Kier molecular flexibility index (Phi) is 5.42. The monoisotopic (exact) mass is 326 g/mol. The number of ether oxygens (including phenoxy) is 1. The van der Waals surface area contributed by atoms with E-state index < -0.39 is 16.1 Å². The zero-order chi connectivity index (χ0) is 16.2. The first-order valence-corrected chi connectivity index (χ1v) is 8.90. The molecule has 0 atom stereocenters. The first kappa shape index (κ1) is 16.8. The van der Waals surface area contributed by atoms with Gasteiger partial charge in [0, 0.05) is 26.2 Å². The lowest BCUT2D eigenvalue weighted by atomic mass is 10.1. The van der Waals surface area contributed by atoms with Gasteiger partial charge >= 0.3 is 6.09 Å². The first-order chi connectivity index (χ1) is 10.4. The molecule has 22 heavy (non-hydrogen) atoms. The number of carbonyl (C=O) groups is 1. The predicted octanol–water partition coefficient (Wildman–Crippen LogP) is 1.60. The van der Waals surface area contributed by atoms with Crippen molar-refractivity contribution in [1.29, 1.82) is 0 Å². The molecule has 0 aliphatic carbocycles. The Balaban J connectivity index is 2.07. The van der Waals surface area contributed by atoms with E-state index in [2.05, 4.69) is 0 Å².